The molecule has 1 aromatic rings. The molecule has 0 spiro atoms. The Kier molecular flexibility index (Phi) is 5.21. The lowest BCUT2D eigenvalue weighted by molar-refractivity contribution is -0.384. The van der Waals surface area contributed by atoms with Crippen LogP contribution in [0.15, 0.2) is 47.1 Å². The summed E-state index contributed by atoms with van der Waals surface area (Å²) in [4.78, 5) is 35.1. The first-order valence-corrected chi connectivity index (χ1v) is 7.58. The number of hydrogen-bond donors (Lipinski definition) is 1. The Morgan fingerprint density at radius 2 is 2.04 bits per heavy atom. The van der Waals surface area contributed by atoms with Gasteiger partial charge in [-0.3, -0.25) is 14.9 Å². The van der Waals surface area contributed by atoms with Crippen LogP contribution in [0.3, 0.4) is 0 Å². The van der Waals surface area contributed by atoms with Crippen molar-refractivity contribution in [1.29, 1.82) is 0 Å². The van der Waals surface area contributed by atoms with Crippen LogP contribution in [0.25, 0.3) is 0 Å². The number of Topliss-reactive ketones (excluding diaryl/α,β-unsaturated/α-hetero) is 1. The molecule has 0 saturated heterocycles. The number of non-ortho nitro benzene ring substituents is 1. The molecule has 1 atom stereocenters. The van der Waals surface area contributed by atoms with Crippen molar-refractivity contribution in [2.75, 3.05) is 6.61 Å². The molecule has 0 aliphatic carbocycles. The van der Waals surface area contributed by atoms with E-state index in [1.807, 2.05) is 0 Å². The van der Waals surface area contributed by atoms with Gasteiger partial charge in [0, 0.05) is 17.7 Å². The second-order valence-corrected chi connectivity index (χ2v) is 5.41. The average molecular weight is 346 g/mol. The maximum atomic E-state index is 12.4. The quantitative estimate of drug-likeness (QED) is 0.493. The van der Waals surface area contributed by atoms with Gasteiger partial charge in [0.1, 0.15) is 11.3 Å². The number of nitro benzene ring substituents is 1. The molecule has 0 radical (unpaired) electrons. The predicted octanol–water partition coefficient (Wildman–Crippen LogP) is 2.31. The van der Waals surface area contributed by atoms with Crippen LogP contribution in [0.2, 0.25) is 0 Å². The van der Waals surface area contributed by atoms with Crippen molar-refractivity contribution in [2.45, 2.75) is 26.7 Å². The third-order valence-electron chi connectivity index (χ3n) is 3.77. The van der Waals surface area contributed by atoms with Crippen LogP contribution >= 0.6 is 0 Å². The van der Waals surface area contributed by atoms with Crippen molar-refractivity contribution in [2.24, 2.45) is 5.73 Å². The van der Waals surface area contributed by atoms with Gasteiger partial charge < -0.3 is 15.2 Å². The van der Waals surface area contributed by atoms with Gasteiger partial charge in [-0.2, -0.15) is 0 Å². The molecule has 8 heteroatoms. The molecular weight excluding hydrogens is 328 g/mol. The van der Waals surface area contributed by atoms with Crippen molar-refractivity contribution in [3.8, 4) is 0 Å². The third kappa shape index (κ3) is 3.52. The van der Waals surface area contributed by atoms with E-state index in [1.165, 1.54) is 25.1 Å². The Hall–Kier alpha value is -3.16. The van der Waals surface area contributed by atoms with E-state index in [4.69, 9.17) is 15.2 Å². The summed E-state index contributed by atoms with van der Waals surface area (Å²) in [6.45, 7) is 4.62. The number of allylic oxidation sites excluding steroid dienone is 2. The maximum absolute atomic E-state index is 12.4. The van der Waals surface area contributed by atoms with Crippen LogP contribution in [0.1, 0.15) is 32.3 Å². The topological polar surface area (TPSA) is 122 Å². The molecule has 25 heavy (non-hydrogen) atoms. The normalized spacial score (nSPS) is 17.2. The summed E-state index contributed by atoms with van der Waals surface area (Å²) in [5.74, 6) is -1.90. The van der Waals surface area contributed by atoms with Crippen LogP contribution in [-0.4, -0.2) is 23.3 Å². The Labute approximate surface area is 144 Å². The molecule has 132 valence electrons. The number of nitro groups is 1. The van der Waals surface area contributed by atoms with E-state index in [2.05, 4.69) is 0 Å². The summed E-state index contributed by atoms with van der Waals surface area (Å²) in [6, 6.07) is 5.70. The highest BCUT2D eigenvalue weighted by Gasteiger charge is 2.38. The lowest BCUT2D eigenvalue weighted by Gasteiger charge is -2.28. The molecule has 2 rings (SSSR count). The van der Waals surface area contributed by atoms with Gasteiger partial charge in [-0.1, -0.05) is 12.1 Å². The number of esters is 1. The first-order chi connectivity index (χ1) is 11.8. The summed E-state index contributed by atoms with van der Waals surface area (Å²) in [6.07, 6.45) is 0. The molecule has 0 saturated carbocycles. The monoisotopic (exact) mass is 346 g/mol. The SMILES string of the molecule is CCOC(=O)C1=C(N)OC(C)=C(C(C)=O)C1c1cccc([N+](=O)[O-])c1. The summed E-state index contributed by atoms with van der Waals surface area (Å²) in [5, 5.41) is 11.1. The lowest BCUT2D eigenvalue weighted by Crippen LogP contribution is -2.28. The minimum atomic E-state index is -0.898. The molecule has 1 aliphatic heterocycles. The zero-order valence-corrected chi connectivity index (χ0v) is 14.1. The highest BCUT2D eigenvalue weighted by molar-refractivity contribution is 6.01. The fourth-order valence-corrected chi connectivity index (χ4v) is 2.79. The Balaban J connectivity index is 2.69. The first-order valence-electron chi connectivity index (χ1n) is 7.58. The van der Waals surface area contributed by atoms with Crippen molar-refractivity contribution < 1.29 is 24.0 Å². The standard InChI is InChI=1S/C17H18N2O6/c1-4-24-17(21)15-14(11-6-5-7-12(8-11)19(22)23)13(9(2)20)10(3)25-16(15)18/h5-8,14H,4,18H2,1-3H3. The van der Waals surface area contributed by atoms with Gasteiger partial charge in [-0.25, -0.2) is 4.79 Å². The van der Waals surface area contributed by atoms with Crippen LogP contribution in [0.4, 0.5) is 5.69 Å². The summed E-state index contributed by atoms with van der Waals surface area (Å²) >= 11 is 0. The number of ketones is 1. The number of benzene rings is 1. The van der Waals surface area contributed by atoms with Crippen LogP contribution < -0.4 is 5.73 Å². The summed E-state index contributed by atoms with van der Waals surface area (Å²) in [5.41, 5.74) is 6.25. The van der Waals surface area contributed by atoms with Gasteiger partial charge in [-0.05, 0) is 26.3 Å². The fourth-order valence-electron chi connectivity index (χ4n) is 2.79. The second kappa shape index (κ2) is 7.16. The molecule has 8 nitrogen and oxygen atoms in total. The largest absolute Gasteiger partial charge is 0.462 e. The number of ether oxygens (including phenoxy) is 2. The summed E-state index contributed by atoms with van der Waals surface area (Å²) < 4.78 is 10.4. The van der Waals surface area contributed by atoms with E-state index in [-0.39, 0.29) is 40.9 Å². The first kappa shape index (κ1) is 18.2. The van der Waals surface area contributed by atoms with Gasteiger partial charge in [-0.15, -0.1) is 0 Å². The van der Waals surface area contributed by atoms with Crippen molar-refractivity contribution >= 4 is 17.4 Å². The van der Waals surface area contributed by atoms with E-state index in [1.54, 1.807) is 19.9 Å². The van der Waals surface area contributed by atoms with Crippen molar-refractivity contribution in [3.05, 3.63) is 62.7 Å². The minimum Gasteiger partial charge on any atom is -0.462 e. The number of nitrogens with zero attached hydrogens (tertiary/aromatic N) is 1. The minimum absolute atomic E-state index is 0.0434. The number of rotatable bonds is 5. The molecule has 1 unspecified atom stereocenters. The number of hydrogen-bond acceptors (Lipinski definition) is 7. The predicted molar refractivity (Wildman–Crippen MR) is 88.1 cm³/mol. The molecule has 2 N–H and O–H groups in total. The number of nitrogens with two attached hydrogens (primary N) is 1. The molecule has 0 fully saturated rings. The lowest BCUT2D eigenvalue weighted by atomic mass is 9.81. The third-order valence-corrected chi connectivity index (χ3v) is 3.77. The molecular formula is C17H18N2O6. The average Bonchev–Trinajstić information content (AvgIpc) is 2.53. The molecule has 0 bridgehead atoms. The van der Waals surface area contributed by atoms with Crippen molar-refractivity contribution in [3.63, 3.8) is 0 Å². The highest BCUT2D eigenvalue weighted by Crippen LogP contribution is 2.40. The highest BCUT2D eigenvalue weighted by atomic mass is 16.6. The van der Waals surface area contributed by atoms with E-state index in [0.717, 1.165) is 0 Å². The molecule has 0 aromatic heterocycles. The molecule has 0 amide bonds. The van der Waals surface area contributed by atoms with Gasteiger partial charge in [0.2, 0.25) is 5.88 Å². The van der Waals surface area contributed by atoms with Crippen LogP contribution in [-0.2, 0) is 19.1 Å². The second-order valence-electron chi connectivity index (χ2n) is 5.41. The number of carbonyl (C=O) groups excluding carboxylic acids is 2. The Morgan fingerprint density at radius 1 is 1.36 bits per heavy atom. The van der Waals surface area contributed by atoms with Crippen molar-refractivity contribution in [1.82, 2.24) is 0 Å². The van der Waals surface area contributed by atoms with Gasteiger partial charge >= 0.3 is 5.97 Å². The zero-order valence-electron chi connectivity index (χ0n) is 14.1. The van der Waals surface area contributed by atoms with Gasteiger partial charge in [0.05, 0.1) is 17.4 Å². The molecule has 1 aromatic carbocycles. The zero-order chi connectivity index (χ0) is 18.7. The number of carbonyl (C=O) groups is 2. The molecule has 1 aliphatic rings. The van der Waals surface area contributed by atoms with Crippen LogP contribution in [0.5, 0.6) is 0 Å². The van der Waals surface area contributed by atoms with E-state index in [0.29, 0.717) is 5.56 Å². The van der Waals surface area contributed by atoms with Crippen LogP contribution in [0, 0.1) is 10.1 Å². The van der Waals surface area contributed by atoms with E-state index >= 15 is 0 Å². The Morgan fingerprint density at radius 3 is 2.60 bits per heavy atom. The molecule has 1 heterocycles. The maximum Gasteiger partial charge on any atom is 0.340 e. The fraction of sp³-hybridized carbons (Fsp3) is 0.294. The van der Waals surface area contributed by atoms with Gasteiger partial charge in [0.15, 0.2) is 5.78 Å². The smallest absolute Gasteiger partial charge is 0.340 e. The van der Waals surface area contributed by atoms with Gasteiger partial charge in [0.25, 0.3) is 5.69 Å². The Bertz CT molecular complexity index is 809. The summed E-state index contributed by atoms with van der Waals surface area (Å²) in [7, 11) is 0. The van der Waals surface area contributed by atoms with E-state index < -0.39 is 16.8 Å². The van der Waals surface area contributed by atoms with E-state index in [9.17, 15) is 19.7 Å².